The van der Waals surface area contributed by atoms with Crippen LogP contribution in [0.2, 0.25) is 0 Å². The van der Waals surface area contributed by atoms with E-state index in [1.165, 1.54) is 31.4 Å². The van der Waals surface area contributed by atoms with Gasteiger partial charge in [0.05, 0.1) is 16.9 Å². The summed E-state index contributed by atoms with van der Waals surface area (Å²) in [7, 11) is 1.89. The lowest BCUT2D eigenvalue weighted by molar-refractivity contribution is 0.0692. The number of carboxylic acid groups (broad SMARTS) is 1. The van der Waals surface area contributed by atoms with E-state index in [2.05, 4.69) is 0 Å². The summed E-state index contributed by atoms with van der Waals surface area (Å²) in [5.41, 5.74) is 6.38. The first-order valence-electron chi connectivity index (χ1n) is 6.56. The standard InChI is InChI=1S/C14H19FN2O2/c1-17(9-5-3-2-4-6-9)13-8-11(15)10(14(18)19)7-12(13)16/h7-9H,2-6,16H2,1H3,(H,18,19). The van der Waals surface area contributed by atoms with Crippen LogP contribution in [-0.4, -0.2) is 24.2 Å². The van der Waals surface area contributed by atoms with Crippen molar-refractivity contribution in [2.24, 2.45) is 0 Å². The van der Waals surface area contributed by atoms with Crippen LogP contribution in [0.25, 0.3) is 0 Å². The molecule has 104 valence electrons. The maximum absolute atomic E-state index is 13.7. The highest BCUT2D eigenvalue weighted by atomic mass is 19.1. The summed E-state index contributed by atoms with van der Waals surface area (Å²) >= 11 is 0. The van der Waals surface area contributed by atoms with Gasteiger partial charge < -0.3 is 15.7 Å². The molecule has 19 heavy (non-hydrogen) atoms. The average molecular weight is 266 g/mol. The second-order valence-electron chi connectivity index (χ2n) is 5.10. The van der Waals surface area contributed by atoms with E-state index >= 15 is 0 Å². The van der Waals surface area contributed by atoms with Crippen molar-refractivity contribution in [3.8, 4) is 0 Å². The minimum atomic E-state index is -1.30. The van der Waals surface area contributed by atoms with Crippen LogP contribution >= 0.6 is 0 Å². The Morgan fingerprint density at radius 2 is 2.00 bits per heavy atom. The normalized spacial score (nSPS) is 16.3. The number of nitrogens with two attached hydrogens (primary N) is 1. The van der Waals surface area contributed by atoms with Gasteiger partial charge in [0.2, 0.25) is 0 Å². The quantitative estimate of drug-likeness (QED) is 0.825. The summed E-state index contributed by atoms with van der Waals surface area (Å²) in [6, 6.07) is 2.78. The zero-order chi connectivity index (χ0) is 14.0. The second-order valence-corrected chi connectivity index (χ2v) is 5.10. The first-order valence-corrected chi connectivity index (χ1v) is 6.56. The fraction of sp³-hybridized carbons (Fsp3) is 0.500. The van der Waals surface area contributed by atoms with Gasteiger partial charge in [-0.1, -0.05) is 19.3 Å². The molecule has 0 saturated heterocycles. The number of anilines is 2. The summed E-state index contributed by atoms with van der Waals surface area (Å²) in [5.74, 6) is -2.03. The lowest BCUT2D eigenvalue weighted by atomic mass is 9.94. The van der Waals surface area contributed by atoms with Crippen LogP contribution in [0.3, 0.4) is 0 Å². The van der Waals surface area contributed by atoms with Gasteiger partial charge in [0, 0.05) is 19.2 Å². The molecule has 1 aliphatic carbocycles. The molecule has 0 unspecified atom stereocenters. The van der Waals surface area contributed by atoms with E-state index in [1.807, 2.05) is 11.9 Å². The van der Waals surface area contributed by atoms with Crippen molar-refractivity contribution >= 4 is 17.3 Å². The van der Waals surface area contributed by atoms with Gasteiger partial charge >= 0.3 is 5.97 Å². The molecule has 4 nitrogen and oxygen atoms in total. The lowest BCUT2D eigenvalue weighted by Gasteiger charge is -2.33. The highest BCUT2D eigenvalue weighted by Gasteiger charge is 2.22. The molecule has 5 heteroatoms. The fourth-order valence-corrected chi connectivity index (χ4v) is 2.71. The Kier molecular flexibility index (Phi) is 3.93. The van der Waals surface area contributed by atoms with Crippen molar-refractivity contribution in [2.75, 3.05) is 17.7 Å². The number of nitrogens with zero attached hydrogens (tertiary/aromatic N) is 1. The Bertz CT molecular complexity index is 485. The van der Waals surface area contributed by atoms with Gasteiger partial charge in [-0.3, -0.25) is 0 Å². The van der Waals surface area contributed by atoms with E-state index in [1.54, 1.807) is 0 Å². The molecule has 3 N–H and O–H groups in total. The summed E-state index contributed by atoms with van der Waals surface area (Å²) in [6.45, 7) is 0. The Balaban J connectivity index is 2.29. The summed E-state index contributed by atoms with van der Waals surface area (Å²) in [4.78, 5) is 12.8. The maximum Gasteiger partial charge on any atom is 0.338 e. The number of carbonyl (C=O) groups is 1. The molecular weight excluding hydrogens is 247 g/mol. The van der Waals surface area contributed by atoms with E-state index in [-0.39, 0.29) is 5.56 Å². The highest BCUT2D eigenvalue weighted by Crippen LogP contribution is 2.31. The smallest absolute Gasteiger partial charge is 0.338 e. The molecule has 1 fully saturated rings. The molecule has 1 aromatic carbocycles. The molecule has 0 radical (unpaired) electrons. The third-order valence-corrected chi connectivity index (χ3v) is 3.85. The minimum absolute atomic E-state index is 0.312. The molecule has 1 aromatic rings. The van der Waals surface area contributed by atoms with E-state index in [0.717, 1.165) is 12.8 Å². The van der Waals surface area contributed by atoms with E-state index in [4.69, 9.17) is 10.8 Å². The van der Waals surface area contributed by atoms with Crippen molar-refractivity contribution in [3.63, 3.8) is 0 Å². The second kappa shape index (κ2) is 5.47. The Labute approximate surface area is 112 Å². The SMILES string of the molecule is CN(c1cc(F)c(C(=O)O)cc1N)C1CCCCC1. The number of halogens is 1. The number of rotatable bonds is 3. The van der Waals surface area contributed by atoms with Crippen molar-refractivity contribution in [2.45, 2.75) is 38.1 Å². The molecule has 0 amide bonds. The summed E-state index contributed by atoms with van der Waals surface area (Å²) < 4.78 is 13.7. The van der Waals surface area contributed by atoms with Gasteiger partial charge in [-0.15, -0.1) is 0 Å². The topological polar surface area (TPSA) is 66.6 Å². The van der Waals surface area contributed by atoms with Crippen LogP contribution < -0.4 is 10.6 Å². The van der Waals surface area contributed by atoms with Crippen molar-refractivity contribution < 1.29 is 14.3 Å². The zero-order valence-electron chi connectivity index (χ0n) is 11.0. The van der Waals surface area contributed by atoms with Gasteiger partial charge in [0.1, 0.15) is 5.82 Å². The van der Waals surface area contributed by atoms with Crippen LogP contribution in [0.1, 0.15) is 42.5 Å². The van der Waals surface area contributed by atoms with Gasteiger partial charge in [-0.25, -0.2) is 9.18 Å². The summed E-state index contributed by atoms with van der Waals surface area (Å²) in [5, 5.41) is 8.86. The number of hydrogen-bond donors (Lipinski definition) is 2. The zero-order valence-corrected chi connectivity index (χ0v) is 11.0. The maximum atomic E-state index is 13.7. The predicted octanol–water partition coefficient (Wildman–Crippen LogP) is 2.88. The monoisotopic (exact) mass is 266 g/mol. The third-order valence-electron chi connectivity index (χ3n) is 3.85. The molecule has 0 aliphatic heterocycles. The van der Waals surface area contributed by atoms with Crippen LogP contribution in [0.4, 0.5) is 15.8 Å². The van der Waals surface area contributed by atoms with Gasteiger partial charge in [0.25, 0.3) is 0 Å². The Morgan fingerprint density at radius 1 is 1.37 bits per heavy atom. The van der Waals surface area contributed by atoms with E-state index in [0.29, 0.717) is 17.4 Å². The fourth-order valence-electron chi connectivity index (χ4n) is 2.71. The molecule has 0 aromatic heterocycles. The predicted molar refractivity (Wildman–Crippen MR) is 73.0 cm³/mol. The van der Waals surface area contributed by atoms with E-state index in [9.17, 15) is 9.18 Å². The Morgan fingerprint density at radius 3 is 2.58 bits per heavy atom. The highest BCUT2D eigenvalue weighted by molar-refractivity contribution is 5.91. The molecular formula is C14H19FN2O2. The molecule has 0 heterocycles. The van der Waals surface area contributed by atoms with Crippen molar-refractivity contribution in [1.82, 2.24) is 0 Å². The Hall–Kier alpha value is -1.78. The molecule has 1 aliphatic rings. The molecule has 2 rings (SSSR count). The van der Waals surface area contributed by atoms with Crippen molar-refractivity contribution in [3.05, 3.63) is 23.5 Å². The largest absolute Gasteiger partial charge is 0.478 e. The number of carboxylic acids is 1. The van der Waals surface area contributed by atoms with Gasteiger partial charge in [0.15, 0.2) is 0 Å². The van der Waals surface area contributed by atoms with Crippen LogP contribution in [0.15, 0.2) is 12.1 Å². The number of hydrogen-bond acceptors (Lipinski definition) is 3. The molecule has 0 bridgehead atoms. The van der Waals surface area contributed by atoms with Crippen LogP contribution in [-0.2, 0) is 0 Å². The van der Waals surface area contributed by atoms with Crippen LogP contribution in [0, 0.1) is 5.82 Å². The molecule has 0 spiro atoms. The van der Waals surface area contributed by atoms with E-state index < -0.39 is 11.8 Å². The molecule has 0 atom stereocenters. The first-order chi connectivity index (χ1) is 9.00. The minimum Gasteiger partial charge on any atom is -0.478 e. The summed E-state index contributed by atoms with van der Waals surface area (Å²) in [6.07, 6.45) is 5.72. The number of aromatic carboxylic acids is 1. The van der Waals surface area contributed by atoms with Crippen molar-refractivity contribution in [1.29, 1.82) is 0 Å². The van der Waals surface area contributed by atoms with Crippen LogP contribution in [0.5, 0.6) is 0 Å². The number of nitrogen functional groups attached to an aromatic ring is 1. The number of benzene rings is 1. The van der Waals surface area contributed by atoms with Gasteiger partial charge in [-0.2, -0.15) is 0 Å². The first kappa shape index (κ1) is 13.6. The van der Waals surface area contributed by atoms with Gasteiger partial charge in [-0.05, 0) is 18.9 Å². The molecule has 1 saturated carbocycles. The third kappa shape index (κ3) is 2.80. The lowest BCUT2D eigenvalue weighted by Crippen LogP contribution is -2.34. The average Bonchev–Trinajstić information content (AvgIpc) is 2.41.